The first kappa shape index (κ1) is 14.6. The Bertz CT molecular complexity index is 513. The summed E-state index contributed by atoms with van der Waals surface area (Å²) in [4.78, 5) is 8.72. The van der Waals surface area contributed by atoms with Crippen LogP contribution in [0.4, 0.5) is 0 Å². The van der Waals surface area contributed by atoms with Crippen LogP contribution in [-0.4, -0.2) is 31.1 Å². The van der Waals surface area contributed by atoms with Crippen LogP contribution in [-0.2, 0) is 6.54 Å². The maximum atomic E-state index is 5.42. The first-order valence-electron chi connectivity index (χ1n) is 7.03. The third-order valence-corrected chi connectivity index (χ3v) is 3.83. The summed E-state index contributed by atoms with van der Waals surface area (Å²) >= 11 is 0. The number of methoxy groups -OCH3 is 1. The van der Waals surface area contributed by atoms with Crippen LogP contribution in [0.3, 0.4) is 0 Å². The quantitative estimate of drug-likeness (QED) is 0.650. The van der Waals surface area contributed by atoms with Crippen LogP contribution in [0, 0.1) is 19.8 Å². The summed E-state index contributed by atoms with van der Waals surface area (Å²) < 4.78 is 5.42. The van der Waals surface area contributed by atoms with Crippen LogP contribution in [0.15, 0.2) is 11.2 Å². The standard InChI is InChI=1S/C15H24N4O/c1-9-6-12(9)19-15(16-4)18-8-13-11(3)14(20-5)10(2)7-17-13/h7,9,12H,6,8H2,1-5H3,(H2,16,18,19). The number of pyridine rings is 1. The molecule has 0 amide bonds. The van der Waals surface area contributed by atoms with Crippen molar-refractivity contribution in [2.75, 3.05) is 14.2 Å². The minimum absolute atomic E-state index is 0.558. The third-order valence-electron chi connectivity index (χ3n) is 3.83. The molecule has 0 bridgehead atoms. The van der Waals surface area contributed by atoms with Crippen LogP contribution in [0.2, 0.25) is 0 Å². The lowest BCUT2D eigenvalue weighted by molar-refractivity contribution is 0.406. The summed E-state index contributed by atoms with van der Waals surface area (Å²) in [7, 11) is 3.49. The highest BCUT2D eigenvalue weighted by molar-refractivity contribution is 5.80. The topological polar surface area (TPSA) is 58.5 Å². The Morgan fingerprint density at radius 3 is 2.75 bits per heavy atom. The molecule has 1 aromatic rings. The van der Waals surface area contributed by atoms with Crippen LogP contribution in [0.25, 0.3) is 0 Å². The van der Waals surface area contributed by atoms with Crippen molar-refractivity contribution < 1.29 is 4.74 Å². The van der Waals surface area contributed by atoms with E-state index in [-0.39, 0.29) is 0 Å². The van der Waals surface area contributed by atoms with Gasteiger partial charge in [0.15, 0.2) is 5.96 Å². The molecule has 0 aliphatic heterocycles. The van der Waals surface area contributed by atoms with Crippen molar-refractivity contribution in [1.29, 1.82) is 0 Å². The molecule has 0 aromatic carbocycles. The fraction of sp³-hybridized carbons (Fsp3) is 0.600. The molecule has 2 rings (SSSR count). The van der Waals surface area contributed by atoms with Crippen LogP contribution in [0.1, 0.15) is 30.2 Å². The van der Waals surface area contributed by atoms with Crippen molar-refractivity contribution in [3.63, 3.8) is 0 Å². The highest BCUT2D eigenvalue weighted by Crippen LogP contribution is 2.28. The molecule has 1 aliphatic carbocycles. The Labute approximate surface area is 120 Å². The molecular weight excluding hydrogens is 252 g/mol. The number of rotatable bonds is 4. The Morgan fingerprint density at radius 2 is 2.20 bits per heavy atom. The molecule has 1 saturated carbocycles. The zero-order chi connectivity index (χ0) is 14.7. The summed E-state index contributed by atoms with van der Waals surface area (Å²) in [6.07, 6.45) is 3.07. The first-order valence-corrected chi connectivity index (χ1v) is 7.03. The van der Waals surface area contributed by atoms with E-state index < -0.39 is 0 Å². The fourth-order valence-corrected chi connectivity index (χ4v) is 2.31. The zero-order valence-electron chi connectivity index (χ0n) is 12.9. The Hall–Kier alpha value is -1.78. The number of nitrogens with zero attached hydrogens (tertiary/aromatic N) is 2. The van der Waals surface area contributed by atoms with Crippen molar-refractivity contribution in [1.82, 2.24) is 15.6 Å². The lowest BCUT2D eigenvalue weighted by Crippen LogP contribution is -2.38. The largest absolute Gasteiger partial charge is 0.496 e. The van der Waals surface area contributed by atoms with E-state index in [9.17, 15) is 0 Å². The van der Waals surface area contributed by atoms with Gasteiger partial charge in [-0.1, -0.05) is 6.92 Å². The minimum Gasteiger partial charge on any atom is -0.496 e. The highest BCUT2D eigenvalue weighted by Gasteiger charge is 2.33. The number of aromatic nitrogens is 1. The van der Waals surface area contributed by atoms with Gasteiger partial charge >= 0.3 is 0 Å². The molecule has 2 atom stereocenters. The van der Waals surface area contributed by atoms with E-state index in [4.69, 9.17) is 4.74 Å². The third kappa shape index (κ3) is 3.21. The van der Waals surface area contributed by atoms with E-state index in [0.717, 1.165) is 34.4 Å². The Kier molecular flexibility index (Phi) is 4.47. The molecule has 20 heavy (non-hydrogen) atoms. The van der Waals surface area contributed by atoms with Gasteiger partial charge in [0.05, 0.1) is 19.3 Å². The predicted octanol–water partition coefficient (Wildman–Crippen LogP) is 1.78. The van der Waals surface area contributed by atoms with Gasteiger partial charge < -0.3 is 15.4 Å². The lowest BCUT2D eigenvalue weighted by Gasteiger charge is -2.15. The van der Waals surface area contributed by atoms with Crippen molar-refractivity contribution in [3.05, 3.63) is 23.0 Å². The molecule has 1 heterocycles. The van der Waals surface area contributed by atoms with Crippen molar-refractivity contribution in [2.24, 2.45) is 10.9 Å². The first-order chi connectivity index (χ1) is 9.56. The molecule has 1 fully saturated rings. The van der Waals surface area contributed by atoms with Crippen molar-refractivity contribution in [3.8, 4) is 5.75 Å². The van der Waals surface area contributed by atoms with Crippen LogP contribution in [0.5, 0.6) is 5.75 Å². The molecule has 2 unspecified atom stereocenters. The van der Waals surface area contributed by atoms with Crippen molar-refractivity contribution in [2.45, 2.75) is 39.8 Å². The van der Waals surface area contributed by atoms with Gasteiger partial charge in [0.2, 0.25) is 0 Å². The second-order valence-electron chi connectivity index (χ2n) is 5.44. The monoisotopic (exact) mass is 276 g/mol. The molecule has 0 saturated heterocycles. The molecule has 110 valence electrons. The van der Waals surface area contributed by atoms with Gasteiger partial charge in [-0.15, -0.1) is 0 Å². The van der Waals surface area contributed by atoms with E-state index >= 15 is 0 Å². The smallest absolute Gasteiger partial charge is 0.191 e. The van der Waals surface area contributed by atoms with Crippen LogP contribution >= 0.6 is 0 Å². The summed E-state index contributed by atoms with van der Waals surface area (Å²) in [6, 6.07) is 0.558. The minimum atomic E-state index is 0.558. The van der Waals surface area contributed by atoms with E-state index in [1.165, 1.54) is 6.42 Å². The maximum Gasteiger partial charge on any atom is 0.191 e. The summed E-state index contributed by atoms with van der Waals surface area (Å²) in [5, 5.41) is 6.71. The number of guanidine groups is 1. The van der Waals surface area contributed by atoms with Crippen molar-refractivity contribution >= 4 is 5.96 Å². The van der Waals surface area contributed by atoms with E-state index in [2.05, 4.69) is 27.5 Å². The second kappa shape index (κ2) is 6.11. The van der Waals surface area contributed by atoms with Gasteiger partial charge in [0.1, 0.15) is 5.75 Å². The number of ether oxygens (including phenoxy) is 1. The SMILES string of the molecule is CN=C(NCc1ncc(C)c(OC)c1C)NC1CC1C. The molecule has 2 N–H and O–H groups in total. The molecule has 5 nitrogen and oxygen atoms in total. The predicted molar refractivity (Wildman–Crippen MR) is 81.2 cm³/mol. The van der Waals surface area contributed by atoms with E-state index in [1.54, 1.807) is 14.2 Å². The van der Waals surface area contributed by atoms with E-state index in [0.29, 0.717) is 12.6 Å². The van der Waals surface area contributed by atoms with Crippen LogP contribution < -0.4 is 15.4 Å². The normalized spacial score (nSPS) is 21.6. The maximum absolute atomic E-state index is 5.42. The van der Waals surface area contributed by atoms with Gasteiger partial charge in [-0.25, -0.2) is 0 Å². The van der Waals surface area contributed by atoms with Gasteiger partial charge in [0, 0.05) is 30.4 Å². The molecule has 1 aromatic heterocycles. The summed E-state index contributed by atoms with van der Waals surface area (Å²) in [6.45, 7) is 6.92. The highest BCUT2D eigenvalue weighted by atomic mass is 16.5. The lowest BCUT2D eigenvalue weighted by atomic mass is 10.1. The van der Waals surface area contributed by atoms with Gasteiger partial charge in [-0.2, -0.15) is 0 Å². The van der Waals surface area contributed by atoms with Gasteiger partial charge in [0.25, 0.3) is 0 Å². The number of aryl methyl sites for hydroxylation is 1. The fourth-order valence-electron chi connectivity index (χ4n) is 2.31. The number of nitrogens with one attached hydrogen (secondary N) is 2. The van der Waals surface area contributed by atoms with Gasteiger partial charge in [-0.05, 0) is 26.2 Å². The average molecular weight is 276 g/mol. The molecule has 0 radical (unpaired) electrons. The van der Waals surface area contributed by atoms with Gasteiger partial charge in [-0.3, -0.25) is 9.98 Å². The molecule has 1 aliphatic rings. The number of hydrogen-bond acceptors (Lipinski definition) is 3. The zero-order valence-corrected chi connectivity index (χ0v) is 12.9. The summed E-state index contributed by atoms with van der Waals surface area (Å²) in [5.74, 6) is 2.49. The number of aliphatic imine (C=N–C) groups is 1. The Morgan fingerprint density at radius 1 is 1.50 bits per heavy atom. The number of hydrogen-bond donors (Lipinski definition) is 2. The molecule has 5 heteroatoms. The second-order valence-corrected chi connectivity index (χ2v) is 5.44. The molecule has 0 spiro atoms. The summed E-state index contributed by atoms with van der Waals surface area (Å²) in [5.41, 5.74) is 3.12. The van der Waals surface area contributed by atoms with E-state index in [1.807, 2.05) is 20.0 Å². The molecular formula is C15H24N4O. The Balaban J connectivity index is 1.99. The average Bonchev–Trinajstić information content (AvgIpc) is 3.12.